The van der Waals surface area contributed by atoms with Crippen LogP contribution in [0.4, 0.5) is 4.79 Å². The van der Waals surface area contributed by atoms with Gasteiger partial charge in [0.2, 0.25) is 0 Å². The van der Waals surface area contributed by atoms with Gasteiger partial charge in [0.1, 0.15) is 11.6 Å². The summed E-state index contributed by atoms with van der Waals surface area (Å²) in [5, 5.41) is 2.52. The summed E-state index contributed by atoms with van der Waals surface area (Å²) < 4.78 is 5.13. The number of ether oxygens (including phenoxy) is 1. The van der Waals surface area contributed by atoms with Crippen molar-refractivity contribution in [2.45, 2.75) is 38.8 Å². The molecule has 0 aliphatic carbocycles. The number of benzene rings is 1. The molecule has 110 valence electrons. The van der Waals surface area contributed by atoms with E-state index >= 15 is 0 Å². The molecule has 4 N–H and O–H groups in total. The molecule has 0 aromatic heterocycles. The van der Waals surface area contributed by atoms with Gasteiger partial charge in [-0.3, -0.25) is 10.2 Å². The molecule has 0 fully saturated rings. The molecule has 0 saturated carbocycles. The second kappa shape index (κ2) is 6.91. The number of hydrogen-bond acceptors (Lipinski definition) is 4. The Kier molecular flexibility index (Phi) is 5.52. The molecule has 1 atom stereocenters. The highest BCUT2D eigenvalue weighted by Crippen LogP contribution is 2.08. The van der Waals surface area contributed by atoms with E-state index in [1.807, 2.05) is 35.8 Å². The molecule has 20 heavy (non-hydrogen) atoms. The van der Waals surface area contributed by atoms with Crippen LogP contribution in [0.15, 0.2) is 30.3 Å². The van der Waals surface area contributed by atoms with Crippen LogP contribution in [0, 0.1) is 0 Å². The Balaban J connectivity index is 2.70. The molecule has 6 heteroatoms. The number of hydrogen-bond donors (Lipinski definition) is 3. The zero-order chi connectivity index (χ0) is 15.2. The van der Waals surface area contributed by atoms with Crippen LogP contribution in [0.2, 0.25) is 0 Å². The van der Waals surface area contributed by atoms with Crippen LogP contribution < -0.4 is 16.6 Å². The molecule has 0 heterocycles. The average molecular weight is 279 g/mol. The van der Waals surface area contributed by atoms with Crippen LogP contribution in [-0.2, 0) is 16.0 Å². The second-order valence-corrected chi connectivity index (χ2v) is 5.40. The molecule has 0 aliphatic rings. The summed E-state index contributed by atoms with van der Waals surface area (Å²) in [5.74, 6) is 4.67. The van der Waals surface area contributed by atoms with E-state index in [0.717, 1.165) is 5.56 Å². The fourth-order valence-corrected chi connectivity index (χ4v) is 1.61. The van der Waals surface area contributed by atoms with Gasteiger partial charge in [0, 0.05) is 6.42 Å². The van der Waals surface area contributed by atoms with Crippen molar-refractivity contribution in [3.05, 3.63) is 35.9 Å². The van der Waals surface area contributed by atoms with Gasteiger partial charge in [0.15, 0.2) is 0 Å². The number of alkyl carbamates (subject to hydrolysis) is 1. The van der Waals surface area contributed by atoms with Crippen LogP contribution in [0.1, 0.15) is 26.3 Å². The molecule has 0 spiro atoms. The normalized spacial score (nSPS) is 12.4. The highest BCUT2D eigenvalue weighted by molar-refractivity contribution is 5.85. The van der Waals surface area contributed by atoms with Crippen LogP contribution >= 0.6 is 0 Å². The van der Waals surface area contributed by atoms with Crippen molar-refractivity contribution in [3.63, 3.8) is 0 Å². The van der Waals surface area contributed by atoms with Crippen molar-refractivity contribution >= 4 is 12.0 Å². The van der Waals surface area contributed by atoms with E-state index in [2.05, 4.69) is 5.32 Å². The van der Waals surface area contributed by atoms with E-state index in [4.69, 9.17) is 10.6 Å². The van der Waals surface area contributed by atoms with E-state index < -0.39 is 23.6 Å². The highest BCUT2D eigenvalue weighted by atomic mass is 16.6. The lowest BCUT2D eigenvalue weighted by molar-refractivity contribution is -0.123. The van der Waals surface area contributed by atoms with Crippen molar-refractivity contribution in [1.29, 1.82) is 0 Å². The Morgan fingerprint density at radius 1 is 1.25 bits per heavy atom. The quantitative estimate of drug-likeness (QED) is 0.437. The summed E-state index contributed by atoms with van der Waals surface area (Å²) in [6, 6.07) is 8.56. The Bertz CT molecular complexity index is 454. The SMILES string of the molecule is CC(C)(C)OC(=O)NC(Cc1ccccc1)C(=O)NN. The van der Waals surface area contributed by atoms with Crippen LogP contribution in [0.5, 0.6) is 0 Å². The van der Waals surface area contributed by atoms with E-state index in [0.29, 0.717) is 6.42 Å². The summed E-state index contributed by atoms with van der Waals surface area (Å²) in [5.41, 5.74) is 2.33. The number of carbonyl (C=O) groups excluding carboxylic acids is 2. The fraction of sp³-hybridized carbons (Fsp3) is 0.429. The summed E-state index contributed by atoms with van der Waals surface area (Å²) in [6.45, 7) is 5.26. The molecule has 1 unspecified atom stereocenters. The Labute approximate surface area is 118 Å². The number of amides is 2. The van der Waals surface area contributed by atoms with E-state index in [9.17, 15) is 9.59 Å². The van der Waals surface area contributed by atoms with Crippen molar-refractivity contribution in [2.24, 2.45) is 5.84 Å². The first-order valence-corrected chi connectivity index (χ1v) is 6.36. The third kappa shape index (κ3) is 5.71. The molecule has 0 aliphatic heterocycles. The fourth-order valence-electron chi connectivity index (χ4n) is 1.61. The summed E-state index contributed by atoms with van der Waals surface area (Å²) in [7, 11) is 0. The summed E-state index contributed by atoms with van der Waals surface area (Å²) in [4.78, 5) is 23.4. The van der Waals surface area contributed by atoms with Gasteiger partial charge in [-0.05, 0) is 26.3 Å². The zero-order valence-corrected chi connectivity index (χ0v) is 12.0. The van der Waals surface area contributed by atoms with Gasteiger partial charge in [-0.15, -0.1) is 0 Å². The predicted molar refractivity (Wildman–Crippen MR) is 75.6 cm³/mol. The van der Waals surface area contributed by atoms with Gasteiger partial charge >= 0.3 is 6.09 Å². The third-order valence-corrected chi connectivity index (χ3v) is 2.43. The van der Waals surface area contributed by atoms with Crippen molar-refractivity contribution in [2.75, 3.05) is 0 Å². The summed E-state index contributed by atoms with van der Waals surface area (Å²) >= 11 is 0. The van der Waals surface area contributed by atoms with Gasteiger partial charge in [-0.1, -0.05) is 30.3 Å². The summed E-state index contributed by atoms with van der Waals surface area (Å²) in [6.07, 6.45) is -0.314. The highest BCUT2D eigenvalue weighted by Gasteiger charge is 2.24. The van der Waals surface area contributed by atoms with Crippen molar-refractivity contribution in [1.82, 2.24) is 10.7 Å². The first-order valence-electron chi connectivity index (χ1n) is 6.36. The van der Waals surface area contributed by atoms with Crippen LogP contribution in [0.25, 0.3) is 0 Å². The molecule has 0 radical (unpaired) electrons. The molecular weight excluding hydrogens is 258 g/mol. The first kappa shape index (κ1) is 16.0. The lowest BCUT2D eigenvalue weighted by atomic mass is 10.1. The minimum atomic E-state index is -0.780. The number of nitrogens with one attached hydrogen (secondary N) is 2. The minimum absolute atomic E-state index is 0.336. The molecule has 2 amide bonds. The van der Waals surface area contributed by atoms with Gasteiger partial charge in [-0.25, -0.2) is 10.6 Å². The van der Waals surface area contributed by atoms with E-state index in [1.165, 1.54) is 0 Å². The molecule has 0 saturated heterocycles. The maximum Gasteiger partial charge on any atom is 0.408 e. The minimum Gasteiger partial charge on any atom is -0.444 e. The maximum atomic E-state index is 11.7. The predicted octanol–water partition coefficient (Wildman–Crippen LogP) is 1.11. The van der Waals surface area contributed by atoms with Gasteiger partial charge in [0.05, 0.1) is 0 Å². The second-order valence-electron chi connectivity index (χ2n) is 5.40. The molecule has 1 rings (SSSR count). The molecule has 1 aromatic carbocycles. The average Bonchev–Trinajstić information content (AvgIpc) is 2.36. The lowest BCUT2D eigenvalue weighted by Gasteiger charge is -2.23. The lowest BCUT2D eigenvalue weighted by Crippen LogP contribution is -2.51. The third-order valence-electron chi connectivity index (χ3n) is 2.43. The number of rotatable bonds is 4. The van der Waals surface area contributed by atoms with E-state index in [-0.39, 0.29) is 0 Å². The number of carbonyl (C=O) groups is 2. The smallest absolute Gasteiger partial charge is 0.408 e. The molecule has 6 nitrogen and oxygen atoms in total. The van der Waals surface area contributed by atoms with Gasteiger partial charge in [0.25, 0.3) is 5.91 Å². The Morgan fingerprint density at radius 2 is 1.85 bits per heavy atom. The van der Waals surface area contributed by atoms with Crippen molar-refractivity contribution < 1.29 is 14.3 Å². The Morgan fingerprint density at radius 3 is 2.35 bits per heavy atom. The number of hydrazine groups is 1. The standard InChI is InChI=1S/C14H21N3O3/c1-14(2,3)20-13(19)16-11(12(18)17-15)9-10-7-5-4-6-8-10/h4-8,11H,9,15H2,1-3H3,(H,16,19)(H,17,18). The van der Waals surface area contributed by atoms with Crippen LogP contribution in [0.3, 0.4) is 0 Å². The Hall–Kier alpha value is -2.08. The number of nitrogens with two attached hydrogens (primary N) is 1. The molecule has 1 aromatic rings. The zero-order valence-electron chi connectivity index (χ0n) is 12.0. The molecule has 0 bridgehead atoms. The van der Waals surface area contributed by atoms with Crippen LogP contribution in [-0.4, -0.2) is 23.6 Å². The van der Waals surface area contributed by atoms with Gasteiger partial charge in [-0.2, -0.15) is 0 Å². The monoisotopic (exact) mass is 279 g/mol. The molecular formula is C14H21N3O3. The topological polar surface area (TPSA) is 93.4 Å². The maximum absolute atomic E-state index is 11.7. The van der Waals surface area contributed by atoms with E-state index in [1.54, 1.807) is 20.8 Å². The van der Waals surface area contributed by atoms with Gasteiger partial charge < -0.3 is 10.1 Å². The van der Waals surface area contributed by atoms with Crippen molar-refractivity contribution in [3.8, 4) is 0 Å². The first-order chi connectivity index (χ1) is 9.31. The largest absolute Gasteiger partial charge is 0.444 e.